The molecule has 17 heavy (non-hydrogen) atoms. The lowest BCUT2D eigenvalue weighted by Gasteiger charge is -2.06. The smallest absolute Gasteiger partial charge is 0.220 e. The summed E-state index contributed by atoms with van der Waals surface area (Å²) in [6.07, 6.45) is 2.98. The summed E-state index contributed by atoms with van der Waals surface area (Å²) in [6, 6.07) is 4.84. The van der Waals surface area contributed by atoms with Crippen molar-refractivity contribution in [1.29, 1.82) is 0 Å². The number of nitrogens with one attached hydrogen (secondary N) is 1. The van der Waals surface area contributed by atoms with Crippen molar-refractivity contribution < 1.29 is 9.18 Å². The van der Waals surface area contributed by atoms with Gasteiger partial charge in [-0.2, -0.15) is 0 Å². The quantitative estimate of drug-likeness (QED) is 0.857. The summed E-state index contributed by atoms with van der Waals surface area (Å²) >= 11 is 3.30. The molecule has 0 atom stereocenters. The standard InChI is InChI=1S/C13H17BrFNO/c1-2-3-4-13(17)16-8-7-10-9-11(14)5-6-12(10)15/h5-6,9H,2-4,7-8H2,1H3,(H,16,17). The highest BCUT2D eigenvalue weighted by molar-refractivity contribution is 9.10. The molecular formula is C13H17BrFNO. The lowest BCUT2D eigenvalue weighted by atomic mass is 10.1. The van der Waals surface area contributed by atoms with E-state index in [4.69, 9.17) is 0 Å². The molecule has 0 aliphatic rings. The fourth-order valence-electron chi connectivity index (χ4n) is 1.50. The highest BCUT2D eigenvalue weighted by Crippen LogP contribution is 2.15. The lowest BCUT2D eigenvalue weighted by molar-refractivity contribution is -0.121. The Hall–Kier alpha value is -0.900. The molecule has 0 saturated heterocycles. The zero-order valence-corrected chi connectivity index (χ0v) is 11.5. The summed E-state index contributed by atoms with van der Waals surface area (Å²) in [4.78, 5) is 11.3. The van der Waals surface area contributed by atoms with Crippen LogP contribution in [0.2, 0.25) is 0 Å². The van der Waals surface area contributed by atoms with Crippen molar-refractivity contribution in [3.8, 4) is 0 Å². The fourth-order valence-corrected chi connectivity index (χ4v) is 1.91. The first-order valence-electron chi connectivity index (χ1n) is 5.84. The van der Waals surface area contributed by atoms with Gasteiger partial charge in [-0.3, -0.25) is 4.79 Å². The first-order valence-corrected chi connectivity index (χ1v) is 6.63. The van der Waals surface area contributed by atoms with Crippen molar-refractivity contribution >= 4 is 21.8 Å². The summed E-state index contributed by atoms with van der Waals surface area (Å²) in [5, 5.41) is 2.79. The number of halogens is 2. The molecule has 0 radical (unpaired) electrons. The molecule has 0 heterocycles. The molecule has 0 fully saturated rings. The monoisotopic (exact) mass is 301 g/mol. The second-order valence-electron chi connectivity index (χ2n) is 3.94. The minimum atomic E-state index is -0.226. The van der Waals surface area contributed by atoms with Gasteiger partial charge in [-0.1, -0.05) is 29.3 Å². The molecule has 1 rings (SSSR count). The Morgan fingerprint density at radius 3 is 2.94 bits per heavy atom. The van der Waals surface area contributed by atoms with Crippen LogP contribution in [-0.2, 0) is 11.2 Å². The summed E-state index contributed by atoms with van der Waals surface area (Å²) in [6.45, 7) is 2.53. The van der Waals surface area contributed by atoms with Crippen LogP contribution < -0.4 is 5.32 Å². The minimum Gasteiger partial charge on any atom is -0.356 e. The van der Waals surface area contributed by atoms with Gasteiger partial charge in [0.25, 0.3) is 0 Å². The Morgan fingerprint density at radius 2 is 2.24 bits per heavy atom. The van der Waals surface area contributed by atoms with Crippen LogP contribution >= 0.6 is 15.9 Å². The lowest BCUT2D eigenvalue weighted by Crippen LogP contribution is -2.25. The van der Waals surface area contributed by atoms with Crippen LogP contribution in [0.5, 0.6) is 0 Å². The molecule has 94 valence electrons. The van der Waals surface area contributed by atoms with Crippen LogP contribution in [0.1, 0.15) is 31.7 Å². The molecule has 0 aliphatic carbocycles. The van der Waals surface area contributed by atoms with E-state index in [9.17, 15) is 9.18 Å². The van der Waals surface area contributed by atoms with Crippen LogP contribution in [0.25, 0.3) is 0 Å². The molecule has 1 aromatic rings. The summed E-state index contributed by atoms with van der Waals surface area (Å²) < 4.78 is 14.2. The molecule has 0 unspecified atom stereocenters. The van der Waals surface area contributed by atoms with E-state index >= 15 is 0 Å². The third-order valence-electron chi connectivity index (χ3n) is 2.48. The maximum absolute atomic E-state index is 13.4. The molecule has 1 amide bonds. The van der Waals surface area contributed by atoms with Gasteiger partial charge >= 0.3 is 0 Å². The third kappa shape index (κ3) is 5.31. The molecule has 0 saturated carbocycles. The molecule has 0 spiro atoms. The van der Waals surface area contributed by atoms with Crippen molar-refractivity contribution in [2.24, 2.45) is 0 Å². The SMILES string of the molecule is CCCCC(=O)NCCc1cc(Br)ccc1F. The van der Waals surface area contributed by atoms with Gasteiger partial charge in [0.05, 0.1) is 0 Å². The molecule has 1 aromatic carbocycles. The van der Waals surface area contributed by atoms with E-state index in [1.54, 1.807) is 12.1 Å². The van der Waals surface area contributed by atoms with Gasteiger partial charge < -0.3 is 5.32 Å². The van der Waals surface area contributed by atoms with Crippen LogP contribution in [0.15, 0.2) is 22.7 Å². The first-order chi connectivity index (χ1) is 8.13. The molecule has 4 heteroatoms. The third-order valence-corrected chi connectivity index (χ3v) is 2.97. The summed E-state index contributed by atoms with van der Waals surface area (Å²) in [7, 11) is 0. The summed E-state index contributed by atoms with van der Waals surface area (Å²) in [5.41, 5.74) is 0.621. The number of hydrogen-bond donors (Lipinski definition) is 1. The van der Waals surface area contributed by atoms with E-state index in [0.29, 0.717) is 24.9 Å². The zero-order chi connectivity index (χ0) is 12.7. The van der Waals surface area contributed by atoms with Crippen LogP contribution in [-0.4, -0.2) is 12.5 Å². The van der Waals surface area contributed by atoms with E-state index < -0.39 is 0 Å². The number of benzene rings is 1. The van der Waals surface area contributed by atoms with Crippen molar-refractivity contribution in [3.05, 3.63) is 34.1 Å². The normalized spacial score (nSPS) is 10.3. The molecule has 0 bridgehead atoms. The van der Waals surface area contributed by atoms with Gasteiger partial charge in [0.1, 0.15) is 5.82 Å². The minimum absolute atomic E-state index is 0.0438. The van der Waals surface area contributed by atoms with Gasteiger partial charge in [-0.05, 0) is 36.6 Å². The van der Waals surface area contributed by atoms with Crippen molar-refractivity contribution in [2.45, 2.75) is 32.6 Å². The van der Waals surface area contributed by atoms with Crippen molar-refractivity contribution in [1.82, 2.24) is 5.32 Å². The molecular weight excluding hydrogens is 285 g/mol. The molecule has 0 aromatic heterocycles. The topological polar surface area (TPSA) is 29.1 Å². The Labute approximate surface area is 110 Å². The van der Waals surface area contributed by atoms with E-state index in [2.05, 4.69) is 21.2 Å². The number of amides is 1. The van der Waals surface area contributed by atoms with Gasteiger partial charge in [-0.25, -0.2) is 4.39 Å². The fraction of sp³-hybridized carbons (Fsp3) is 0.462. The average Bonchev–Trinajstić information content (AvgIpc) is 2.31. The maximum atomic E-state index is 13.4. The molecule has 0 aliphatic heterocycles. The average molecular weight is 302 g/mol. The highest BCUT2D eigenvalue weighted by Gasteiger charge is 2.04. The number of unbranched alkanes of at least 4 members (excludes halogenated alkanes) is 1. The second-order valence-corrected chi connectivity index (χ2v) is 4.85. The van der Waals surface area contributed by atoms with Crippen molar-refractivity contribution in [3.63, 3.8) is 0 Å². The predicted molar refractivity (Wildman–Crippen MR) is 70.3 cm³/mol. The van der Waals surface area contributed by atoms with Crippen molar-refractivity contribution in [2.75, 3.05) is 6.54 Å². The first kappa shape index (κ1) is 14.2. The Kier molecular flexibility index (Phi) is 6.19. The van der Waals surface area contributed by atoms with E-state index in [-0.39, 0.29) is 11.7 Å². The number of carbonyl (C=O) groups is 1. The van der Waals surface area contributed by atoms with Crippen LogP contribution in [0.4, 0.5) is 4.39 Å². The van der Waals surface area contributed by atoms with Gasteiger partial charge in [0.15, 0.2) is 0 Å². The van der Waals surface area contributed by atoms with Crippen LogP contribution in [0, 0.1) is 5.82 Å². The Morgan fingerprint density at radius 1 is 1.47 bits per heavy atom. The number of hydrogen-bond acceptors (Lipinski definition) is 1. The largest absolute Gasteiger partial charge is 0.356 e. The maximum Gasteiger partial charge on any atom is 0.220 e. The molecule has 1 N–H and O–H groups in total. The van der Waals surface area contributed by atoms with Gasteiger partial charge in [0, 0.05) is 17.4 Å². The Bertz CT molecular complexity index is 382. The van der Waals surface area contributed by atoms with Crippen LogP contribution in [0.3, 0.4) is 0 Å². The van der Waals surface area contributed by atoms with E-state index in [1.165, 1.54) is 6.07 Å². The van der Waals surface area contributed by atoms with E-state index in [0.717, 1.165) is 17.3 Å². The highest BCUT2D eigenvalue weighted by atomic mass is 79.9. The number of carbonyl (C=O) groups excluding carboxylic acids is 1. The second kappa shape index (κ2) is 7.43. The van der Waals surface area contributed by atoms with Gasteiger partial charge in [0.2, 0.25) is 5.91 Å². The summed E-state index contributed by atoms with van der Waals surface area (Å²) in [5.74, 6) is -0.182. The molecule has 2 nitrogen and oxygen atoms in total. The Balaban J connectivity index is 2.35. The zero-order valence-electron chi connectivity index (χ0n) is 9.93. The number of rotatable bonds is 6. The van der Waals surface area contributed by atoms with E-state index in [1.807, 2.05) is 6.92 Å². The van der Waals surface area contributed by atoms with Gasteiger partial charge in [-0.15, -0.1) is 0 Å². The predicted octanol–water partition coefficient (Wildman–Crippen LogP) is 3.44.